The first-order valence-corrected chi connectivity index (χ1v) is 9.30. The summed E-state index contributed by atoms with van der Waals surface area (Å²) >= 11 is 0. The Morgan fingerprint density at radius 2 is 1.89 bits per heavy atom. The highest BCUT2D eigenvalue weighted by Gasteiger charge is 2.20. The number of nitrogens with two attached hydrogens (primary N) is 1. The van der Waals surface area contributed by atoms with Crippen molar-refractivity contribution in [2.75, 3.05) is 12.3 Å². The van der Waals surface area contributed by atoms with Crippen molar-refractivity contribution in [1.82, 2.24) is 14.9 Å². The maximum atomic E-state index is 12.7. The molecule has 28 heavy (non-hydrogen) atoms. The average molecular weight is 380 g/mol. The molecular formula is C21H24N4O3. The number of aromatic nitrogens is 2. The topological polar surface area (TPSA) is 110 Å². The molecule has 0 aliphatic carbocycles. The van der Waals surface area contributed by atoms with Crippen molar-refractivity contribution in [2.24, 2.45) is 0 Å². The zero-order chi connectivity index (χ0) is 20.3. The molecule has 0 bridgehead atoms. The second-order valence-corrected chi connectivity index (χ2v) is 6.77. The molecule has 3 aromatic rings. The Labute approximate surface area is 162 Å². The van der Waals surface area contributed by atoms with Crippen molar-refractivity contribution in [1.29, 1.82) is 0 Å². The molecule has 7 heteroatoms. The van der Waals surface area contributed by atoms with E-state index in [1.807, 2.05) is 56.3 Å². The summed E-state index contributed by atoms with van der Waals surface area (Å²) in [5, 5.41) is 5.39. The van der Waals surface area contributed by atoms with E-state index in [-0.39, 0.29) is 24.0 Å². The van der Waals surface area contributed by atoms with Crippen LogP contribution in [0.5, 0.6) is 0 Å². The zero-order valence-corrected chi connectivity index (χ0v) is 16.0. The Morgan fingerprint density at radius 1 is 1.18 bits per heavy atom. The smallest absolute Gasteiger partial charge is 0.329 e. The normalized spacial score (nSPS) is 12.2. The first-order valence-electron chi connectivity index (χ1n) is 9.30. The van der Waals surface area contributed by atoms with E-state index in [0.717, 1.165) is 16.3 Å². The Kier molecular flexibility index (Phi) is 5.75. The fourth-order valence-corrected chi connectivity index (χ4v) is 3.38. The number of hydrogen-bond acceptors (Lipinski definition) is 5. The number of nitrogen functional groups attached to an aromatic ring is 1. The second kappa shape index (κ2) is 8.22. The number of fused-ring (bicyclic) bond motifs is 1. The van der Waals surface area contributed by atoms with Crippen molar-refractivity contribution in [3.63, 3.8) is 0 Å². The minimum atomic E-state index is -0.750. The lowest BCUT2D eigenvalue weighted by Crippen LogP contribution is -2.38. The molecule has 0 radical (unpaired) electrons. The average Bonchev–Trinajstić information content (AvgIpc) is 2.68. The molecule has 1 aromatic heterocycles. The van der Waals surface area contributed by atoms with Gasteiger partial charge in [-0.05, 0) is 29.7 Å². The first-order chi connectivity index (χ1) is 13.4. The van der Waals surface area contributed by atoms with Crippen LogP contribution in [0, 0.1) is 0 Å². The zero-order valence-electron chi connectivity index (χ0n) is 16.0. The molecule has 0 amide bonds. The van der Waals surface area contributed by atoms with E-state index in [9.17, 15) is 14.4 Å². The molecule has 0 aliphatic rings. The minimum absolute atomic E-state index is 0.0675. The highest BCUT2D eigenvalue weighted by Crippen LogP contribution is 2.24. The molecule has 146 valence electrons. The van der Waals surface area contributed by atoms with E-state index < -0.39 is 17.0 Å². The van der Waals surface area contributed by atoms with Gasteiger partial charge in [-0.15, -0.1) is 0 Å². The molecule has 0 saturated heterocycles. The van der Waals surface area contributed by atoms with Gasteiger partial charge < -0.3 is 11.1 Å². The van der Waals surface area contributed by atoms with Crippen LogP contribution in [0.15, 0.2) is 52.1 Å². The molecule has 0 saturated carbocycles. The van der Waals surface area contributed by atoms with Crippen molar-refractivity contribution < 1.29 is 4.79 Å². The number of H-pyrrole nitrogens is 1. The molecule has 0 fully saturated rings. The van der Waals surface area contributed by atoms with Crippen LogP contribution in [0.2, 0.25) is 0 Å². The molecule has 3 rings (SSSR count). The van der Waals surface area contributed by atoms with Crippen molar-refractivity contribution in [2.45, 2.75) is 32.9 Å². The van der Waals surface area contributed by atoms with E-state index in [1.165, 1.54) is 4.57 Å². The summed E-state index contributed by atoms with van der Waals surface area (Å²) in [5.41, 5.74) is 5.49. The maximum absolute atomic E-state index is 12.7. The van der Waals surface area contributed by atoms with Crippen LogP contribution in [0.25, 0.3) is 10.8 Å². The highest BCUT2D eigenvalue weighted by atomic mass is 16.2. The van der Waals surface area contributed by atoms with Gasteiger partial charge in [0.25, 0.3) is 5.56 Å². The van der Waals surface area contributed by atoms with Gasteiger partial charge in [0.1, 0.15) is 11.4 Å². The van der Waals surface area contributed by atoms with Gasteiger partial charge in [0.2, 0.25) is 0 Å². The van der Waals surface area contributed by atoms with Crippen molar-refractivity contribution in [3.05, 3.63) is 74.4 Å². The molecule has 1 atom stereocenters. The Balaban J connectivity index is 1.83. The SMILES string of the molecule is CCCn1c(N)c(C(=O)CN[C@@H](C)c2cccc3ccccc23)c(=O)[nH]c1=O. The number of aromatic amines is 1. The highest BCUT2D eigenvalue weighted by molar-refractivity contribution is 6.01. The van der Waals surface area contributed by atoms with Crippen LogP contribution in [0.1, 0.15) is 42.2 Å². The number of ketones is 1. The van der Waals surface area contributed by atoms with E-state index >= 15 is 0 Å². The molecule has 7 nitrogen and oxygen atoms in total. The third-order valence-corrected chi connectivity index (χ3v) is 4.82. The standard InChI is InChI=1S/C21H24N4O3/c1-3-11-25-19(22)18(20(27)24-21(25)28)17(26)12-23-13(2)15-10-6-8-14-7-4-5-9-16(14)15/h4-10,13,23H,3,11-12,22H2,1-2H3,(H,24,27,28)/t13-/m0/s1. The number of Topliss-reactive ketones (excluding diaryl/α,β-unsaturated/α-hetero) is 1. The van der Waals surface area contributed by atoms with Gasteiger partial charge in [-0.25, -0.2) is 4.79 Å². The van der Waals surface area contributed by atoms with Crippen LogP contribution in [-0.2, 0) is 6.54 Å². The van der Waals surface area contributed by atoms with Crippen LogP contribution in [0.3, 0.4) is 0 Å². The van der Waals surface area contributed by atoms with Gasteiger partial charge in [-0.3, -0.25) is 19.1 Å². The summed E-state index contributed by atoms with van der Waals surface area (Å²) in [5.74, 6) is -0.532. The van der Waals surface area contributed by atoms with E-state index in [2.05, 4.69) is 10.3 Å². The van der Waals surface area contributed by atoms with Crippen molar-refractivity contribution >= 4 is 22.4 Å². The van der Waals surface area contributed by atoms with Gasteiger partial charge in [0.15, 0.2) is 5.78 Å². The van der Waals surface area contributed by atoms with Crippen LogP contribution >= 0.6 is 0 Å². The quantitative estimate of drug-likeness (QED) is 0.545. The van der Waals surface area contributed by atoms with Gasteiger partial charge in [-0.2, -0.15) is 0 Å². The third kappa shape index (κ3) is 3.75. The fourth-order valence-electron chi connectivity index (χ4n) is 3.38. The fraction of sp³-hybridized carbons (Fsp3) is 0.286. The summed E-state index contributed by atoms with van der Waals surface area (Å²) in [6, 6.07) is 13.9. The van der Waals surface area contributed by atoms with E-state index in [1.54, 1.807) is 0 Å². The molecule has 0 unspecified atom stereocenters. The maximum Gasteiger partial charge on any atom is 0.329 e. The molecular weight excluding hydrogens is 356 g/mol. The number of benzene rings is 2. The lowest BCUT2D eigenvalue weighted by Gasteiger charge is -2.17. The Bertz CT molecular complexity index is 1130. The predicted molar refractivity (Wildman–Crippen MR) is 111 cm³/mol. The Morgan fingerprint density at radius 3 is 2.64 bits per heavy atom. The van der Waals surface area contributed by atoms with Crippen LogP contribution in [0.4, 0.5) is 5.82 Å². The van der Waals surface area contributed by atoms with Crippen LogP contribution in [-0.4, -0.2) is 21.9 Å². The van der Waals surface area contributed by atoms with Gasteiger partial charge in [0, 0.05) is 12.6 Å². The molecule has 2 aromatic carbocycles. The Hall–Kier alpha value is -3.19. The summed E-state index contributed by atoms with van der Waals surface area (Å²) in [6.45, 7) is 4.11. The number of nitrogens with one attached hydrogen (secondary N) is 2. The monoisotopic (exact) mass is 380 g/mol. The van der Waals surface area contributed by atoms with Crippen LogP contribution < -0.4 is 22.3 Å². The number of nitrogens with zero attached hydrogens (tertiary/aromatic N) is 1. The molecule has 1 heterocycles. The lowest BCUT2D eigenvalue weighted by molar-refractivity contribution is 0.0986. The van der Waals surface area contributed by atoms with Crippen molar-refractivity contribution in [3.8, 4) is 0 Å². The molecule has 4 N–H and O–H groups in total. The van der Waals surface area contributed by atoms with Gasteiger partial charge in [-0.1, -0.05) is 49.4 Å². The number of hydrogen-bond donors (Lipinski definition) is 3. The number of rotatable bonds is 7. The predicted octanol–water partition coefficient (Wildman–Crippen LogP) is 2.22. The largest absolute Gasteiger partial charge is 0.384 e. The number of carbonyl (C=O) groups is 1. The molecule has 0 spiro atoms. The number of carbonyl (C=O) groups excluding carboxylic acids is 1. The third-order valence-electron chi connectivity index (χ3n) is 4.82. The summed E-state index contributed by atoms with van der Waals surface area (Å²) in [4.78, 5) is 38.9. The second-order valence-electron chi connectivity index (χ2n) is 6.77. The summed E-state index contributed by atoms with van der Waals surface area (Å²) < 4.78 is 1.22. The number of anilines is 1. The van der Waals surface area contributed by atoms with Gasteiger partial charge in [0.05, 0.1) is 6.54 Å². The molecule has 0 aliphatic heterocycles. The van der Waals surface area contributed by atoms with E-state index in [4.69, 9.17) is 5.73 Å². The summed E-state index contributed by atoms with van der Waals surface area (Å²) in [6.07, 6.45) is 0.653. The summed E-state index contributed by atoms with van der Waals surface area (Å²) in [7, 11) is 0. The van der Waals surface area contributed by atoms with Gasteiger partial charge >= 0.3 is 5.69 Å². The minimum Gasteiger partial charge on any atom is -0.384 e. The van der Waals surface area contributed by atoms with E-state index in [0.29, 0.717) is 13.0 Å². The lowest BCUT2D eigenvalue weighted by atomic mass is 9.99. The first kappa shape index (κ1) is 19.6.